The van der Waals surface area contributed by atoms with Crippen molar-refractivity contribution in [2.75, 3.05) is 6.61 Å². The van der Waals surface area contributed by atoms with Crippen LogP contribution >= 0.6 is 22.9 Å². The van der Waals surface area contributed by atoms with Crippen LogP contribution in [0.1, 0.15) is 9.67 Å². The monoisotopic (exact) mass is 177 g/mol. The summed E-state index contributed by atoms with van der Waals surface area (Å²) < 4.78 is 0.316. The second-order valence-electron chi connectivity index (χ2n) is 1.56. The molecule has 0 amide bonds. The molecular formula is C5H4ClNO2S. The Labute approximate surface area is 66.3 Å². The van der Waals surface area contributed by atoms with Crippen LogP contribution in [0.2, 0.25) is 4.47 Å². The Balaban J connectivity index is 2.85. The van der Waals surface area contributed by atoms with Crippen molar-refractivity contribution in [3.05, 3.63) is 15.5 Å². The average molecular weight is 178 g/mol. The first-order valence-corrected chi connectivity index (χ1v) is 3.69. The second kappa shape index (κ2) is 3.09. The molecule has 1 rings (SSSR count). The van der Waals surface area contributed by atoms with Gasteiger partial charge in [0.2, 0.25) is 0 Å². The standard InChI is InChI=1S/C5H4ClNO2S/c6-5-7-1-4(10-5)3(9)2-8/h1,8H,2H2. The Hall–Kier alpha value is -0.450. The fraction of sp³-hybridized carbons (Fsp3) is 0.200. The third kappa shape index (κ3) is 1.53. The van der Waals surface area contributed by atoms with Gasteiger partial charge in [0.25, 0.3) is 0 Å². The number of rotatable bonds is 2. The summed E-state index contributed by atoms with van der Waals surface area (Å²) in [4.78, 5) is 14.7. The molecule has 54 valence electrons. The van der Waals surface area contributed by atoms with Crippen LogP contribution in [0.3, 0.4) is 0 Å². The smallest absolute Gasteiger partial charge is 0.199 e. The van der Waals surface area contributed by atoms with Gasteiger partial charge in [0.15, 0.2) is 10.3 Å². The molecule has 0 radical (unpaired) electrons. The molecule has 0 aromatic carbocycles. The van der Waals surface area contributed by atoms with Crippen LogP contribution in [0, 0.1) is 0 Å². The molecule has 0 saturated carbocycles. The lowest BCUT2D eigenvalue weighted by atomic mass is 10.4. The molecule has 0 bridgehead atoms. The van der Waals surface area contributed by atoms with E-state index >= 15 is 0 Å². The largest absolute Gasteiger partial charge is 0.388 e. The normalized spacial score (nSPS) is 9.80. The number of ketones is 1. The summed E-state index contributed by atoms with van der Waals surface area (Å²) in [5.74, 6) is -0.343. The van der Waals surface area contributed by atoms with Gasteiger partial charge in [-0.05, 0) is 0 Å². The lowest BCUT2D eigenvalue weighted by molar-refractivity contribution is 0.0907. The summed E-state index contributed by atoms with van der Waals surface area (Å²) >= 11 is 6.50. The first-order chi connectivity index (χ1) is 4.74. The highest BCUT2D eigenvalue weighted by Gasteiger charge is 2.06. The minimum Gasteiger partial charge on any atom is -0.388 e. The number of carbonyl (C=O) groups is 1. The summed E-state index contributed by atoms with van der Waals surface area (Å²) in [7, 11) is 0. The fourth-order valence-corrected chi connectivity index (χ4v) is 1.33. The maximum atomic E-state index is 10.7. The van der Waals surface area contributed by atoms with E-state index in [9.17, 15) is 4.79 Å². The Bertz CT molecular complexity index is 248. The number of hydrogen-bond donors (Lipinski definition) is 1. The van der Waals surface area contributed by atoms with Crippen LogP contribution < -0.4 is 0 Å². The predicted octanol–water partition coefficient (Wildman–Crippen LogP) is 0.972. The SMILES string of the molecule is O=C(CO)c1cnc(Cl)s1. The van der Waals surface area contributed by atoms with E-state index in [0.29, 0.717) is 9.34 Å². The third-order valence-corrected chi connectivity index (χ3v) is 2.05. The summed E-state index contributed by atoms with van der Waals surface area (Å²) in [6, 6.07) is 0. The van der Waals surface area contributed by atoms with Crippen LogP contribution in [0.5, 0.6) is 0 Å². The summed E-state index contributed by atoms with van der Waals surface area (Å²) in [5.41, 5.74) is 0. The number of aliphatic hydroxyl groups is 1. The first kappa shape index (κ1) is 7.65. The van der Waals surface area contributed by atoms with Gasteiger partial charge in [0.1, 0.15) is 6.61 Å². The highest BCUT2D eigenvalue weighted by molar-refractivity contribution is 7.17. The van der Waals surface area contributed by atoms with Gasteiger partial charge < -0.3 is 5.11 Å². The number of aromatic nitrogens is 1. The molecule has 1 aromatic heterocycles. The zero-order valence-corrected chi connectivity index (χ0v) is 6.45. The van der Waals surface area contributed by atoms with Crippen molar-refractivity contribution in [2.24, 2.45) is 0 Å². The number of nitrogens with zero attached hydrogens (tertiary/aromatic N) is 1. The van der Waals surface area contributed by atoms with E-state index in [1.54, 1.807) is 0 Å². The maximum Gasteiger partial charge on any atom is 0.199 e. The Morgan fingerprint density at radius 1 is 1.90 bits per heavy atom. The van der Waals surface area contributed by atoms with Crippen molar-refractivity contribution in [2.45, 2.75) is 0 Å². The molecule has 0 fully saturated rings. The highest BCUT2D eigenvalue weighted by atomic mass is 35.5. The quantitative estimate of drug-likeness (QED) is 0.685. The van der Waals surface area contributed by atoms with Crippen LogP contribution in [0.15, 0.2) is 6.20 Å². The average Bonchev–Trinajstić information content (AvgIpc) is 2.34. The molecular weight excluding hydrogens is 174 g/mol. The molecule has 0 saturated heterocycles. The summed E-state index contributed by atoms with van der Waals surface area (Å²) in [5, 5.41) is 8.38. The van der Waals surface area contributed by atoms with E-state index in [1.807, 2.05) is 0 Å². The number of Topliss-reactive ketones (excluding diaryl/α,β-unsaturated/α-hetero) is 1. The second-order valence-corrected chi connectivity index (χ2v) is 3.17. The van der Waals surface area contributed by atoms with Crippen molar-refractivity contribution < 1.29 is 9.90 Å². The Morgan fingerprint density at radius 3 is 3.00 bits per heavy atom. The third-order valence-electron chi connectivity index (χ3n) is 0.896. The Kier molecular flexibility index (Phi) is 2.37. The van der Waals surface area contributed by atoms with Gasteiger partial charge >= 0.3 is 0 Å². The molecule has 1 aromatic rings. The van der Waals surface area contributed by atoms with E-state index in [0.717, 1.165) is 11.3 Å². The number of hydrogen-bond acceptors (Lipinski definition) is 4. The van der Waals surface area contributed by atoms with Crippen LogP contribution in [0.4, 0.5) is 0 Å². The number of aliphatic hydroxyl groups excluding tert-OH is 1. The number of thiazole rings is 1. The van der Waals surface area contributed by atoms with Gasteiger partial charge in [-0.3, -0.25) is 4.79 Å². The Morgan fingerprint density at radius 2 is 2.60 bits per heavy atom. The molecule has 0 aliphatic carbocycles. The molecule has 0 atom stereocenters. The molecule has 5 heteroatoms. The van der Waals surface area contributed by atoms with Crippen LogP contribution in [0.25, 0.3) is 0 Å². The summed E-state index contributed by atoms with van der Waals surface area (Å²) in [6.45, 7) is -0.488. The maximum absolute atomic E-state index is 10.7. The fourth-order valence-electron chi connectivity index (χ4n) is 0.460. The molecule has 3 nitrogen and oxygen atoms in total. The molecule has 0 spiro atoms. The molecule has 10 heavy (non-hydrogen) atoms. The van der Waals surface area contributed by atoms with Crippen LogP contribution in [-0.4, -0.2) is 22.5 Å². The minimum absolute atomic E-state index is 0.316. The summed E-state index contributed by atoms with van der Waals surface area (Å²) in [6.07, 6.45) is 1.35. The van der Waals surface area contributed by atoms with Gasteiger partial charge in [-0.25, -0.2) is 4.98 Å². The first-order valence-electron chi connectivity index (χ1n) is 2.49. The number of halogens is 1. The van der Waals surface area contributed by atoms with Crippen molar-refractivity contribution in [3.63, 3.8) is 0 Å². The van der Waals surface area contributed by atoms with E-state index in [4.69, 9.17) is 16.7 Å². The van der Waals surface area contributed by atoms with Crippen molar-refractivity contribution in [1.29, 1.82) is 0 Å². The van der Waals surface area contributed by atoms with Gasteiger partial charge in [0.05, 0.1) is 11.1 Å². The topological polar surface area (TPSA) is 50.2 Å². The minimum atomic E-state index is -0.488. The van der Waals surface area contributed by atoms with Crippen molar-refractivity contribution in [1.82, 2.24) is 4.98 Å². The van der Waals surface area contributed by atoms with Crippen LogP contribution in [-0.2, 0) is 0 Å². The van der Waals surface area contributed by atoms with E-state index in [-0.39, 0.29) is 5.78 Å². The lowest BCUT2D eigenvalue weighted by Gasteiger charge is -1.85. The zero-order chi connectivity index (χ0) is 7.56. The molecule has 0 aliphatic rings. The molecule has 0 unspecified atom stereocenters. The van der Waals surface area contributed by atoms with Gasteiger partial charge in [0, 0.05) is 0 Å². The highest BCUT2D eigenvalue weighted by Crippen LogP contribution is 2.17. The van der Waals surface area contributed by atoms with Crippen molar-refractivity contribution in [3.8, 4) is 0 Å². The number of carbonyl (C=O) groups excluding carboxylic acids is 1. The van der Waals surface area contributed by atoms with Gasteiger partial charge in [-0.15, -0.1) is 0 Å². The van der Waals surface area contributed by atoms with Gasteiger partial charge in [-0.1, -0.05) is 22.9 Å². The van der Waals surface area contributed by atoms with E-state index in [1.165, 1.54) is 6.20 Å². The molecule has 1 heterocycles. The molecule has 1 N–H and O–H groups in total. The van der Waals surface area contributed by atoms with E-state index < -0.39 is 6.61 Å². The zero-order valence-electron chi connectivity index (χ0n) is 4.87. The molecule has 0 aliphatic heterocycles. The van der Waals surface area contributed by atoms with Gasteiger partial charge in [-0.2, -0.15) is 0 Å². The lowest BCUT2D eigenvalue weighted by Crippen LogP contribution is -2.00. The predicted molar refractivity (Wildman–Crippen MR) is 38.5 cm³/mol. The van der Waals surface area contributed by atoms with E-state index in [2.05, 4.69) is 4.98 Å². The van der Waals surface area contributed by atoms with Crippen molar-refractivity contribution >= 4 is 28.7 Å².